The van der Waals surface area contributed by atoms with E-state index in [0.717, 1.165) is 44.1 Å². The van der Waals surface area contributed by atoms with Crippen molar-refractivity contribution in [1.29, 1.82) is 0 Å². The largest absolute Gasteiger partial charge is 0.363 e. The minimum atomic E-state index is 0.0222. The van der Waals surface area contributed by atoms with Gasteiger partial charge in [0.05, 0.1) is 0 Å². The molecule has 0 saturated carbocycles. The van der Waals surface area contributed by atoms with Crippen molar-refractivity contribution in [3.05, 3.63) is 23.9 Å². The molecule has 116 valence electrons. The third-order valence-electron chi connectivity index (χ3n) is 3.82. The molecule has 1 N–H and O–H groups in total. The van der Waals surface area contributed by atoms with E-state index in [1.54, 1.807) is 6.20 Å². The van der Waals surface area contributed by atoms with Crippen LogP contribution in [0.4, 0.5) is 10.6 Å². The van der Waals surface area contributed by atoms with Crippen LogP contribution in [0.2, 0.25) is 0 Å². The third-order valence-corrected chi connectivity index (χ3v) is 3.82. The van der Waals surface area contributed by atoms with E-state index in [-0.39, 0.29) is 6.03 Å². The Balaban J connectivity index is 1.83. The lowest BCUT2D eigenvalue weighted by atomic mass is 10.2. The predicted molar refractivity (Wildman–Crippen MR) is 84.5 cm³/mol. The van der Waals surface area contributed by atoms with Gasteiger partial charge in [-0.15, -0.1) is 0 Å². The van der Waals surface area contributed by atoms with E-state index < -0.39 is 0 Å². The molecular formula is C15H25N5O. The predicted octanol–water partition coefficient (Wildman–Crippen LogP) is 0.995. The third kappa shape index (κ3) is 4.32. The number of urea groups is 1. The first kappa shape index (κ1) is 15.6. The van der Waals surface area contributed by atoms with Crippen molar-refractivity contribution in [3.8, 4) is 0 Å². The van der Waals surface area contributed by atoms with Gasteiger partial charge in [0.1, 0.15) is 5.82 Å². The number of nitrogens with zero attached hydrogens (tertiary/aromatic N) is 4. The Morgan fingerprint density at radius 3 is 2.67 bits per heavy atom. The van der Waals surface area contributed by atoms with Crippen molar-refractivity contribution in [2.24, 2.45) is 0 Å². The summed E-state index contributed by atoms with van der Waals surface area (Å²) >= 11 is 0. The molecule has 6 heteroatoms. The Bertz CT molecular complexity index is 469. The number of amides is 2. The number of aromatic nitrogens is 1. The minimum Gasteiger partial charge on any atom is -0.363 e. The highest BCUT2D eigenvalue weighted by molar-refractivity contribution is 5.74. The normalized spacial score (nSPS) is 15.9. The fourth-order valence-electron chi connectivity index (χ4n) is 2.37. The maximum absolute atomic E-state index is 12.2. The molecule has 6 nitrogen and oxygen atoms in total. The zero-order valence-electron chi connectivity index (χ0n) is 13.2. The molecule has 0 aromatic carbocycles. The number of pyridine rings is 1. The van der Waals surface area contributed by atoms with Gasteiger partial charge in [-0.05, 0) is 24.2 Å². The highest BCUT2D eigenvalue weighted by atomic mass is 16.2. The van der Waals surface area contributed by atoms with Gasteiger partial charge in [0.25, 0.3) is 0 Å². The summed E-state index contributed by atoms with van der Waals surface area (Å²) in [4.78, 5) is 22.6. The van der Waals surface area contributed by atoms with E-state index in [0.29, 0.717) is 6.54 Å². The summed E-state index contributed by atoms with van der Waals surface area (Å²) in [6.45, 7) is 7.28. The van der Waals surface area contributed by atoms with Crippen molar-refractivity contribution < 1.29 is 4.79 Å². The number of carbonyl (C=O) groups excluding carboxylic acids is 1. The van der Waals surface area contributed by atoms with E-state index in [9.17, 15) is 4.79 Å². The van der Waals surface area contributed by atoms with E-state index >= 15 is 0 Å². The van der Waals surface area contributed by atoms with Gasteiger partial charge in [0, 0.05) is 53.0 Å². The highest BCUT2D eigenvalue weighted by Gasteiger charge is 2.19. The number of hydrogen-bond donors (Lipinski definition) is 1. The van der Waals surface area contributed by atoms with Crippen LogP contribution < -0.4 is 10.2 Å². The van der Waals surface area contributed by atoms with Crippen LogP contribution in [-0.4, -0.2) is 67.6 Å². The summed E-state index contributed by atoms with van der Waals surface area (Å²) in [6.07, 6.45) is 1.77. The van der Waals surface area contributed by atoms with Gasteiger partial charge in [-0.25, -0.2) is 9.78 Å². The van der Waals surface area contributed by atoms with E-state index in [1.807, 2.05) is 36.0 Å². The molecule has 2 heterocycles. The molecule has 0 spiro atoms. The molecule has 1 aromatic heterocycles. The van der Waals surface area contributed by atoms with Crippen LogP contribution in [0.15, 0.2) is 18.3 Å². The SMILES string of the molecule is CCN1CCN(C(=O)NCc2ccnc(N(C)C)c2)CC1. The monoisotopic (exact) mass is 291 g/mol. The van der Waals surface area contributed by atoms with Crippen molar-refractivity contribution in [1.82, 2.24) is 20.1 Å². The Morgan fingerprint density at radius 2 is 2.05 bits per heavy atom. The average Bonchev–Trinajstić information content (AvgIpc) is 2.53. The summed E-state index contributed by atoms with van der Waals surface area (Å²) in [5.41, 5.74) is 1.06. The topological polar surface area (TPSA) is 51.7 Å². The van der Waals surface area contributed by atoms with Crippen LogP contribution in [0.1, 0.15) is 12.5 Å². The van der Waals surface area contributed by atoms with Gasteiger partial charge < -0.3 is 20.0 Å². The van der Waals surface area contributed by atoms with E-state index in [1.165, 1.54) is 0 Å². The molecule has 0 aliphatic carbocycles. The summed E-state index contributed by atoms with van der Waals surface area (Å²) < 4.78 is 0. The van der Waals surface area contributed by atoms with Gasteiger partial charge in [-0.3, -0.25) is 0 Å². The number of rotatable bonds is 4. The van der Waals surface area contributed by atoms with Gasteiger partial charge >= 0.3 is 6.03 Å². The zero-order valence-corrected chi connectivity index (χ0v) is 13.2. The Labute approximate surface area is 126 Å². The van der Waals surface area contributed by atoms with Crippen molar-refractivity contribution >= 4 is 11.8 Å². The van der Waals surface area contributed by atoms with Crippen LogP contribution in [0.25, 0.3) is 0 Å². The first-order chi connectivity index (χ1) is 10.1. The summed E-state index contributed by atoms with van der Waals surface area (Å²) in [6, 6.07) is 3.95. The van der Waals surface area contributed by atoms with E-state index in [4.69, 9.17) is 0 Å². The number of likely N-dealkylation sites (N-methyl/N-ethyl adjacent to an activating group) is 1. The highest BCUT2D eigenvalue weighted by Crippen LogP contribution is 2.09. The lowest BCUT2D eigenvalue weighted by molar-refractivity contribution is 0.142. The van der Waals surface area contributed by atoms with Gasteiger partial charge in [-0.1, -0.05) is 6.92 Å². The number of carbonyl (C=O) groups is 1. The van der Waals surface area contributed by atoms with Crippen LogP contribution in [-0.2, 0) is 6.54 Å². The number of anilines is 1. The molecule has 21 heavy (non-hydrogen) atoms. The van der Waals surface area contributed by atoms with Gasteiger partial charge in [-0.2, -0.15) is 0 Å². The maximum Gasteiger partial charge on any atom is 0.317 e. The molecular weight excluding hydrogens is 266 g/mol. The Morgan fingerprint density at radius 1 is 1.33 bits per heavy atom. The molecule has 1 fully saturated rings. The van der Waals surface area contributed by atoms with Crippen LogP contribution in [0.3, 0.4) is 0 Å². The van der Waals surface area contributed by atoms with Crippen molar-refractivity contribution in [3.63, 3.8) is 0 Å². The maximum atomic E-state index is 12.2. The fourth-order valence-corrected chi connectivity index (χ4v) is 2.37. The molecule has 0 unspecified atom stereocenters. The molecule has 2 amide bonds. The molecule has 1 aromatic rings. The molecule has 2 rings (SSSR count). The van der Waals surface area contributed by atoms with Crippen LogP contribution in [0.5, 0.6) is 0 Å². The second-order valence-corrected chi connectivity index (χ2v) is 5.50. The first-order valence-electron chi connectivity index (χ1n) is 7.47. The number of hydrogen-bond acceptors (Lipinski definition) is 4. The summed E-state index contributed by atoms with van der Waals surface area (Å²) in [5, 5.41) is 2.99. The molecule has 1 aliphatic rings. The van der Waals surface area contributed by atoms with Gasteiger partial charge in [0.15, 0.2) is 0 Å². The Kier molecular flexibility index (Phi) is 5.38. The number of piperazine rings is 1. The molecule has 1 aliphatic heterocycles. The molecule has 1 saturated heterocycles. The quantitative estimate of drug-likeness (QED) is 0.899. The molecule has 0 atom stereocenters. The molecule has 0 radical (unpaired) electrons. The summed E-state index contributed by atoms with van der Waals surface area (Å²) in [5.74, 6) is 0.901. The second kappa shape index (κ2) is 7.26. The average molecular weight is 291 g/mol. The zero-order chi connectivity index (χ0) is 15.2. The van der Waals surface area contributed by atoms with Gasteiger partial charge in [0.2, 0.25) is 0 Å². The summed E-state index contributed by atoms with van der Waals surface area (Å²) in [7, 11) is 3.91. The standard InChI is InChI=1S/C15H25N5O/c1-4-19-7-9-20(10-8-19)15(21)17-12-13-5-6-16-14(11-13)18(2)3/h5-6,11H,4,7-10,12H2,1-3H3,(H,17,21). The number of nitrogens with one attached hydrogen (secondary N) is 1. The molecule has 0 bridgehead atoms. The van der Waals surface area contributed by atoms with Crippen LogP contribution >= 0.6 is 0 Å². The van der Waals surface area contributed by atoms with Crippen molar-refractivity contribution in [2.75, 3.05) is 51.7 Å². The first-order valence-corrected chi connectivity index (χ1v) is 7.47. The van der Waals surface area contributed by atoms with Crippen molar-refractivity contribution in [2.45, 2.75) is 13.5 Å². The van der Waals surface area contributed by atoms with Crippen LogP contribution in [0, 0.1) is 0 Å². The second-order valence-electron chi connectivity index (χ2n) is 5.50. The fraction of sp³-hybridized carbons (Fsp3) is 0.600. The smallest absolute Gasteiger partial charge is 0.317 e. The lowest BCUT2D eigenvalue weighted by Crippen LogP contribution is -2.51. The Hall–Kier alpha value is -1.82. The lowest BCUT2D eigenvalue weighted by Gasteiger charge is -2.34. The van der Waals surface area contributed by atoms with E-state index in [2.05, 4.69) is 22.1 Å². The minimum absolute atomic E-state index is 0.0222.